The molecule has 4 heteroatoms. The molecule has 0 unspecified atom stereocenters. The molecule has 0 aliphatic heterocycles. The largest absolute Gasteiger partial charge is 0.497 e. The van der Waals surface area contributed by atoms with Crippen LogP contribution >= 0.6 is 0 Å². The molecule has 4 nitrogen and oxygen atoms in total. The smallest absolute Gasteiger partial charge is 0.122 e. The number of nitrogens with one attached hydrogen (secondary N) is 1. The second-order valence-electron chi connectivity index (χ2n) is 4.78. The average Bonchev–Trinajstić information content (AvgIpc) is 3.18. The summed E-state index contributed by atoms with van der Waals surface area (Å²) >= 11 is 0. The molecule has 1 aromatic rings. The van der Waals surface area contributed by atoms with Crippen LogP contribution in [0.1, 0.15) is 19.8 Å². The predicted molar refractivity (Wildman–Crippen MR) is 76.2 cm³/mol. The van der Waals surface area contributed by atoms with Gasteiger partial charge in [-0.2, -0.15) is 0 Å². The molecule has 3 N–H and O–H groups in total. The van der Waals surface area contributed by atoms with E-state index in [1.807, 2.05) is 18.2 Å². The maximum Gasteiger partial charge on any atom is 0.122 e. The van der Waals surface area contributed by atoms with Crippen LogP contribution < -0.4 is 15.8 Å². The van der Waals surface area contributed by atoms with Crippen molar-refractivity contribution in [3.63, 3.8) is 0 Å². The van der Waals surface area contributed by atoms with Gasteiger partial charge in [-0.25, -0.2) is 0 Å². The highest BCUT2D eigenvalue weighted by Gasteiger charge is 2.26. The first kappa shape index (κ1) is 13.0. The third-order valence-corrected chi connectivity index (χ3v) is 3.36. The molecule has 1 aliphatic carbocycles. The molecule has 100 valence electrons. The Morgan fingerprint density at radius 1 is 1.39 bits per heavy atom. The Morgan fingerprint density at radius 3 is 2.78 bits per heavy atom. The number of nitrogens with two attached hydrogens (primary N) is 1. The fourth-order valence-corrected chi connectivity index (χ4v) is 2.22. The molecule has 0 aromatic heterocycles. The molecule has 1 aliphatic rings. The fraction of sp³-hybridized carbons (Fsp3) is 0.571. The molecule has 0 saturated heterocycles. The molecule has 1 fully saturated rings. The van der Waals surface area contributed by atoms with Gasteiger partial charge in [-0.3, -0.25) is 4.90 Å². The molecule has 0 spiro atoms. The van der Waals surface area contributed by atoms with Gasteiger partial charge >= 0.3 is 0 Å². The van der Waals surface area contributed by atoms with Crippen LogP contribution in [0.25, 0.3) is 0 Å². The lowest BCUT2D eigenvalue weighted by molar-refractivity contribution is 0.289. The summed E-state index contributed by atoms with van der Waals surface area (Å²) in [6.45, 7) is 5.38. The van der Waals surface area contributed by atoms with Crippen molar-refractivity contribution in [2.45, 2.75) is 25.8 Å². The second-order valence-corrected chi connectivity index (χ2v) is 4.78. The number of anilines is 2. The van der Waals surface area contributed by atoms with E-state index in [4.69, 9.17) is 10.5 Å². The monoisotopic (exact) mass is 249 g/mol. The number of likely N-dealkylation sites (N-methyl/N-ethyl adjacent to an activating group) is 1. The van der Waals surface area contributed by atoms with Crippen LogP contribution in [0.2, 0.25) is 0 Å². The first-order chi connectivity index (χ1) is 8.72. The van der Waals surface area contributed by atoms with Crippen LogP contribution in [-0.2, 0) is 0 Å². The van der Waals surface area contributed by atoms with E-state index in [9.17, 15) is 0 Å². The van der Waals surface area contributed by atoms with Gasteiger partial charge in [0, 0.05) is 42.6 Å². The summed E-state index contributed by atoms with van der Waals surface area (Å²) < 4.78 is 5.20. The number of rotatable bonds is 7. The van der Waals surface area contributed by atoms with Gasteiger partial charge in [-0.05, 0) is 25.5 Å². The number of benzene rings is 1. The lowest BCUT2D eigenvalue weighted by Gasteiger charge is -2.20. The Kier molecular flexibility index (Phi) is 4.31. The van der Waals surface area contributed by atoms with E-state index in [0.29, 0.717) is 0 Å². The lowest BCUT2D eigenvalue weighted by Crippen LogP contribution is -2.30. The highest BCUT2D eigenvalue weighted by Crippen LogP contribution is 2.26. The Balaban J connectivity index is 1.83. The van der Waals surface area contributed by atoms with Gasteiger partial charge in [0.2, 0.25) is 0 Å². The van der Waals surface area contributed by atoms with E-state index in [0.717, 1.165) is 42.8 Å². The van der Waals surface area contributed by atoms with Crippen LogP contribution in [0.5, 0.6) is 5.75 Å². The van der Waals surface area contributed by atoms with Crippen LogP contribution in [0.3, 0.4) is 0 Å². The molecule has 0 amide bonds. The van der Waals surface area contributed by atoms with Crippen molar-refractivity contribution in [2.75, 3.05) is 37.8 Å². The number of methoxy groups -OCH3 is 1. The zero-order chi connectivity index (χ0) is 13.0. The topological polar surface area (TPSA) is 50.5 Å². The Bertz CT molecular complexity index is 391. The highest BCUT2D eigenvalue weighted by atomic mass is 16.5. The number of nitrogen functional groups attached to an aromatic ring is 1. The third-order valence-electron chi connectivity index (χ3n) is 3.36. The zero-order valence-electron chi connectivity index (χ0n) is 11.3. The summed E-state index contributed by atoms with van der Waals surface area (Å²) in [5.41, 5.74) is 7.58. The van der Waals surface area contributed by atoms with Crippen molar-refractivity contribution in [2.24, 2.45) is 0 Å². The summed E-state index contributed by atoms with van der Waals surface area (Å²) in [7, 11) is 1.66. The molecule has 0 radical (unpaired) electrons. The van der Waals surface area contributed by atoms with Crippen LogP contribution in [0.15, 0.2) is 18.2 Å². The van der Waals surface area contributed by atoms with E-state index >= 15 is 0 Å². The fourth-order valence-electron chi connectivity index (χ4n) is 2.22. The highest BCUT2D eigenvalue weighted by molar-refractivity contribution is 5.59. The van der Waals surface area contributed by atoms with E-state index in [2.05, 4.69) is 17.1 Å². The van der Waals surface area contributed by atoms with E-state index in [1.54, 1.807) is 7.11 Å². The van der Waals surface area contributed by atoms with Gasteiger partial charge in [0.05, 0.1) is 7.11 Å². The van der Waals surface area contributed by atoms with Gasteiger partial charge in [0.15, 0.2) is 0 Å². The summed E-state index contributed by atoms with van der Waals surface area (Å²) in [6, 6.07) is 6.57. The second kappa shape index (κ2) is 5.96. The average molecular weight is 249 g/mol. The van der Waals surface area contributed by atoms with Crippen molar-refractivity contribution in [3.05, 3.63) is 18.2 Å². The summed E-state index contributed by atoms with van der Waals surface area (Å²) in [6.07, 6.45) is 2.72. The Hall–Kier alpha value is -1.42. The van der Waals surface area contributed by atoms with Gasteiger partial charge in [0.1, 0.15) is 5.75 Å². The Labute approximate surface area is 109 Å². The SMILES string of the molecule is CCN(CCNc1cc(N)cc(OC)c1)C1CC1. The van der Waals surface area contributed by atoms with E-state index in [1.165, 1.54) is 12.8 Å². The van der Waals surface area contributed by atoms with Crippen LogP contribution in [-0.4, -0.2) is 37.7 Å². The molecule has 18 heavy (non-hydrogen) atoms. The maximum atomic E-state index is 5.82. The lowest BCUT2D eigenvalue weighted by atomic mass is 10.2. The predicted octanol–water partition coefficient (Wildman–Crippen LogP) is 2.17. The van der Waals surface area contributed by atoms with E-state index < -0.39 is 0 Å². The minimum Gasteiger partial charge on any atom is -0.497 e. The van der Waals surface area contributed by atoms with Gasteiger partial charge in [-0.15, -0.1) is 0 Å². The summed E-state index contributed by atoms with van der Waals surface area (Å²) in [4.78, 5) is 2.52. The number of hydrogen-bond donors (Lipinski definition) is 2. The van der Waals surface area contributed by atoms with Crippen LogP contribution in [0.4, 0.5) is 11.4 Å². The molecule has 0 atom stereocenters. The van der Waals surface area contributed by atoms with Gasteiger partial charge in [0.25, 0.3) is 0 Å². The van der Waals surface area contributed by atoms with Crippen LogP contribution in [0, 0.1) is 0 Å². The van der Waals surface area contributed by atoms with Gasteiger partial charge in [-0.1, -0.05) is 6.92 Å². The van der Waals surface area contributed by atoms with Crippen molar-refractivity contribution < 1.29 is 4.74 Å². The molecule has 2 rings (SSSR count). The molecule has 0 heterocycles. The third kappa shape index (κ3) is 3.53. The van der Waals surface area contributed by atoms with Crippen molar-refractivity contribution >= 4 is 11.4 Å². The van der Waals surface area contributed by atoms with Crippen molar-refractivity contribution in [1.82, 2.24) is 4.90 Å². The zero-order valence-corrected chi connectivity index (χ0v) is 11.3. The maximum absolute atomic E-state index is 5.82. The molecular formula is C14H23N3O. The standard InChI is InChI=1S/C14H23N3O/c1-3-17(13-4-5-13)7-6-16-12-8-11(15)9-14(10-12)18-2/h8-10,13,16H,3-7,15H2,1-2H3. The quantitative estimate of drug-likeness (QED) is 0.727. The molecule has 1 saturated carbocycles. The van der Waals surface area contributed by atoms with Gasteiger partial charge < -0.3 is 15.8 Å². The number of hydrogen-bond acceptors (Lipinski definition) is 4. The minimum absolute atomic E-state index is 0.728. The summed E-state index contributed by atoms with van der Waals surface area (Å²) in [5.74, 6) is 0.798. The first-order valence-electron chi connectivity index (χ1n) is 6.65. The Morgan fingerprint density at radius 2 is 2.17 bits per heavy atom. The molecule has 1 aromatic carbocycles. The summed E-state index contributed by atoms with van der Waals surface area (Å²) in [5, 5.41) is 3.41. The van der Waals surface area contributed by atoms with Crippen molar-refractivity contribution in [3.8, 4) is 5.75 Å². The first-order valence-corrected chi connectivity index (χ1v) is 6.65. The molecule has 0 bridgehead atoms. The normalized spacial score (nSPS) is 14.8. The number of ether oxygens (including phenoxy) is 1. The number of nitrogens with zero attached hydrogens (tertiary/aromatic N) is 1. The molecular weight excluding hydrogens is 226 g/mol. The minimum atomic E-state index is 0.728. The van der Waals surface area contributed by atoms with E-state index in [-0.39, 0.29) is 0 Å². The van der Waals surface area contributed by atoms with Crippen molar-refractivity contribution in [1.29, 1.82) is 0 Å².